The maximum absolute atomic E-state index is 12.9. The van der Waals surface area contributed by atoms with Crippen LogP contribution in [0.25, 0.3) is 0 Å². The second kappa shape index (κ2) is 56.8. The third kappa shape index (κ3) is 54.4. The molecular formula is C64H103O11P. The van der Waals surface area contributed by atoms with Crippen molar-refractivity contribution in [3.05, 3.63) is 134 Å². The van der Waals surface area contributed by atoms with Crippen LogP contribution in [0.4, 0.5) is 0 Å². The molecule has 0 saturated heterocycles. The molecule has 2 N–H and O–H groups in total. The molecule has 0 aliphatic carbocycles. The zero-order chi connectivity index (χ0) is 55.5. The van der Waals surface area contributed by atoms with E-state index in [1.165, 1.54) is 38.5 Å². The van der Waals surface area contributed by atoms with Gasteiger partial charge < -0.3 is 24.2 Å². The maximum Gasteiger partial charge on any atom is 0.472 e. The Kier molecular flexibility index (Phi) is 53.5. The van der Waals surface area contributed by atoms with Gasteiger partial charge in [-0.2, -0.15) is 0 Å². The van der Waals surface area contributed by atoms with Gasteiger partial charge in [0.2, 0.25) is 0 Å². The van der Waals surface area contributed by atoms with Crippen LogP contribution >= 0.6 is 7.82 Å². The lowest BCUT2D eigenvalue weighted by Crippen LogP contribution is -2.30. The number of hydrogen-bond acceptors (Lipinski definition) is 10. The molecule has 0 aliphatic heterocycles. The lowest BCUT2D eigenvalue weighted by atomic mass is 10.1. The monoisotopic (exact) mass is 1080 g/mol. The van der Waals surface area contributed by atoms with Crippen molar-refractivity contribution in [3.8, 4) is 0 Å². The van der Waals surface area contributed by atoms with Crippen LogP contribution in [0, 0.1) is 0 Å². The van der Waals surface area contributed by atoms with E-state index < -0.39 is 57.8 Å². The van der Waals surface area contributed by atoms with Crippen molar-refractivity contribution in [1.82, 2.24) is 0 Å². The molecule has 3 unspecified atom stereocenters. The van der Waals surface area contributed by atoms with Crippen LogP contribution in [-0.2, 0) is 42.2 Å². The molecule has 0 spiro atoms. The first kappa shape index (κ1) is 71.6. The molecule has 0 radical (unpaired) electrons. The molecule has 0 aromatic carbocycles. The number of hydrogen-bond donors (Lipinski definition) is 2. The molecule has 430 valence electrons. The van der Waals surface area contributed by atoms with E-state index >= 15 is 0 Å². The van der Waals surface area contributed by atoms with Gasteiger partial charge in [-0.05, 0) is 128 Å². The Bertz CT molecular complexity index is 1780. The molecular weight excluding hydrogens is 976 g/mol. The number of aliphatic hydroxyl groups excluding tert-OH is 1. The Balaban J connectivity index is 4.86. The normalized spacial score (nSPS) is 14.3. The number of carbonyl (C=O) groups is 3. The highest BCUT2D eigenvalue weighted by molar-refractivity contribution is 7.47. The Morgan fingerprint density at radius 2 is 0.697 bits per heavy atom. The first-order valence-electron chi connectivity index (χ1n) is 29.1. The molecule has 0 rings (SSSR count). The zero-order valence-corrected chi connectivity index (χ0v) is 48.3. The summed E-state index contributed by atoms with van der Waals surface area (Å²) in [5.74, 6) is -1.61. The summed E-state index contributed by atoms with van der Waals surface area (Å²) < 4.78 is 39.4. The number of phosphoric ester groups is 1. The Labute approximate surface area is 461 Å². The SMILES string of the molecule is CC/C=C\C/C=C\C/C=C\C/C=C\C/C=C\CCCC(=O)OC(COC(=O)CCCC/C=C\C/C=C\C/C=C\C/C=C\CC)COP(=O)(O)OCC(CO)OC(=O)CCCCCCCCC/C=C\C/C=C\CCCCC. The predicted molar refractivity (Wildman–Crippen MR) is 316 cm³/mol. The van der Waals surface area contributed by atoms with E-state index in [1.54, 1.807) is 0 Å². The van der Waals surface area contributed by atoms with Crippen LogP contribution in [0.5, 0.6) is 0 Å². The van der Waals surface area contributed by atoms with Gasteiger partial charge in [0.25, 0.3) is 0 Å². The average molecular weight is 1080 g/mol. The number of rotatable bonds is 52. The summed E-state index contributed by atoms with van der Waals surface area (Å²) in [5.41, 5.74) is 0. The summed E-state index contributed by atoms with van der Waals surface area (Å²) >= 11 is 0. The summed E-state index contributed by atoms with van der Waals surface area (Å²) in [6, 6.07) is 0. The smallest absolute Gasteiger partial charge is 0.462 e. The molecule has 0 bridgehead atoms. The van der Waals surface area contributed by atoms with E-state index in [4.69, 9.17) is 23.3 Å². The number of esters is 3. The van der Waals surface area contributed by atoms with Crippen LogP contribution in [0.3, 0.4) is 0 Å². The Morgan fingerprint density at radius 3 is 1.13 bits per heavy atom. The number of ether oxygens (including phenoxy) is 3. The summed E-state index contributed by atoms with van der Waals surface area (Å²) in [6.07, 6.45) is 71.3. The molecule has 0 aromatic heterocycles. The molecule has 12 heteroatoms. The minimum atomic E-state index is -4.78. The van der Waals surface area contributed by atoms with Gasteiger partial charge in [0.1, 0.15) is 12.7 Å². The number of unbranched alkanes of at least 4 members (excludes halogenated alkanes) is 13. The molecule has 76 heavy (non-hydrogen) atoms. The summed E-state index contributed by atoms with van der Waals surface area (Å²) in [5, 5.41) is 9.83. The topological polar surface area (TPSA) is 155 Å². The molecule has 0 aliphatic rings. The van der Waals surface area contributed by atoms with Gasteiger partial charge in [-0.3, -0.25) is 23.4 Å². The van der Waals surface area contributed by atoms with Gasteiger partial charge in [-0.15, -0.1) is 0 Å². The lowest BCUT2D eigenvalue weighted by molar-refractivity contribution is -0.161. The van der Waals surface area contributed by atoms with Crippen LogP contribution in [0.1, 0.15) is 213 Å². The number of carbonyl (C=O) groups excluding carboxylic acids is 3. The van der Waals surface area contributed by atoms with Crippen molar-refractivity contribution in [2.24, 2.45) is 0 Å². The number of allylic oxidation sites excluding steroid dienone is 22. The number of phosphoric acid groups is 1. The van der Waals surface area contributed by atoms with Crippen LogP contribution in [-0.4, -0.2) is 66.5 Å². The lowest BCUT2D eigenvalue weighted by Gasteiger charge is -2.21. The van der Waals surface area contributed by atoms with Gasteiger partial charge in [0.15, 0.2) is 6.10 Å². The second-order valence-electron chi connectivity index (χ2n) is 18.7. The summed E-state index contributed by atoms with van der Waals surface area (Å²) in [4.78, 5) is 48.5. The van der Waals surface area contributed by atoms with E-state index in [2.05, 4.69) is 142 Å². The van der Waals surface area contributed by atoms with Crippen molar-refractivity contribution >= 4 is 25.7 Å². The first-order valence-corrected chi connectivity index (χ1v) is 30.6. The maximum atomic E-state index is 12.9. The van der Waals surface area contributed by atoms with Gasteiger partial charge in [0.05, 0.1) is 19.8 Å². The van der Waals surface area contributed by atoms with Crippen molar-refractivity contribution in [1.29, 1.82) is 0 Å². The fourth-order valence-corrected chi connectivity index (χ4v) is 7.96. The van der Waals surface area contributed by atoms with Crippen molar-refractivity contribution < 1.29 is 52.2 Å². The fraction of sp³-hybridized carbons (Fsp3) is 0.609. The molecule has 0 amide bonds. The molecule has 11 nitrogen and oxygen atoms in total. The predicted octanol–water partition coefficient (Wildman–Crippen LogP) is 17.4. The van der Waals surface area contributed by atoms with Crippen molar-refractivity contribution in [2.45, 2.75) is 226 Å². The third-order valence-corrected chi connectivity index (χ3v) is 12.5. The molecule has 0 saturated carbocycles. The van der Waals surface area contributed by atoms with E-state index in [0.717, 1.165) is 109 Å². The van der Waals surface area contributed by atoms with Gasteiger partial charge >= 0.3 is 25.7 Å². The van der Waals surface area contributed by atoms with E-state index in [-0.39, 0.29) is 25.9 Å². The Hall–Kier alpha value is -4.38. The zero-order valence-electron chi connectivity index (χ0n) is 47.4. The second-order valence-corrected chi connectivity index (χ2v) is 20.1. The molecule has 0 aromatic rings. The minimum Gasteiger partial charge on any atom is -0.462 e. The highest BCUT2D eigenvalue weighted by Crippen LogP contribution is 2.43. The van der Waals surface area contributed by atoms with Crippen molar-refractivity contribution in [2.75, 3.05) is 26.4 Å². The van der Waals surface area contributed by atoms with Gasteiger partial charge in [-0.25, -0.2) is 4.57 Å². The number of aliphatic hydroxyl groups is 1. The third-order valence-electron chi connectivity index (χ3n) is 11.5. The van der Waals surface area contributed by atoms with E-state index in [1.807, 2.05) is 12.2 Å². The summed E-state index contributed by atoms with van der Waals surface area (Å²) in [7, 11) is -4.78. The molecule has 0 fully saturated rings. The van der Waals surface area contributed by atoms with Gasteiger partial charge in [-0.1, -0.05) is 199 Å². The van der Waals surface area contributed by atoms with Crippen molar-refractivity contribution in [3.63, 3.8) is 0 Å². The van der Waals surface area contributed by atoms with Crippen LogP contribution in [0.15, 0.2) is 134 Å². The van der Waals surface area contributed by atoms with Crippen LogP contribution in [0.2, 0.25) is 0 Å². The quantitative estimate of drug-likeness (QED) is 0.0197. The highest BCUT2D eigenvalue weighted by atomic mass is 31.2. The Morgan fingerprint density at radius 1 is 0.382 bits per heavy atom. The average Bonchev–Trinajstić information content (AvgIpc) is 3.41. The highest BCUT2D eigenvalue weighted by Gasteiger charge is 2.28. The van der Waals surface area contributed by atoms with E-state index in [0.29, 0.717) is 25.7 Å². The summed E-state index contributed by atoms with van der Waals surface area (Å²) in [6.45, 7) is 4.25. The van der Waals surface area contributed by atoms with Gasteiger partial charge in [0, 0.05) is 19.3 Å². The van der Waals surface area contributed by atoms with Crippen LogP contribution < -0.4 is 0 Å². The minimum absolute atomic E-state index is 0.0722. The molecule has 3 atom stereocenters. The first-order chi connectivity index (χ1) is 37.2. The molecule has 0 heterocycles. The largest absolute Gasteiger partial charge is 0.472 e. The van der Waals surface area contributed by atoms with E-state index in [9.17, 15) is 28.9 Å². The fourth-order valence-electron chi connectivity index (χ4n) is 7.18. The standard InChI is InChI=1S/C64H103O11P/c1-4-7-10-13-16-19-22-25-28-30-33-36-39-42-45-48-51-54-63(67)74-60(56-65)58-72-76(69,70)73-59-61(57-71-62(66)53-50-47-44-41-38-35-32-27-24-21-18-15-12-9-6-3)75-64(68)55-52-49-46-43-40-37-34-31-29-26-23-20-17-14-11-8-5-2/h8-9,11-12,16-21,25-29,32,34,37-38,41,43,46,60-61,65H,4-7,10,13-15,22-24,30-31,33,35-36,39-40,42,44-45,47-59H2,1-3H3,(H,69,70)/b11-8-,12-9-,19-16-,20-17-,21-18-,28-25-,29-26-,32-27-,37-34-,41-38-,46-43-.